The Kier molecular flexibility index (Phi) is 2.89. The van der Waals surface area contributed by atoms with Crippen molar-refractivity contribution in [3.63, 3.8) is 0 Å². The fourth-order valence-corrected chi connectivity index (χ4v) is 2.60. The van der Waals surface area contributed by atoms with Gasteiger partial charge in [0.25, 0.3) is 0 Å². The molecule has 0 bridgehead atoms. The minimum Gasteiger partial charge on any atom is -0.370 e. The van der Waals surface area contributed by atoms with Crippen LogP contribution in [0.25, 0.3) is 0 Å². The molecule has 1 unspecified atom stereocenters. The van der Waals surface area contributed by atoms with Gasteiger partial charge in [-0.2, -0.15) is 0 Å². The maximum atomic E-state index is 5.98. The SMILES string of the molecule is CCCCCC1(C)CN=C(N)N1C1CC1. The molecule has 0 saturated heterocycles. The number of guanidine groups is 1. The molecule has 0 amide bonds. The molecule has 1 fully saturated rings. The first kappa shape index (κ1) is 10.8. The smallest absolute Gasteiger partial charge is 0.192 e. The van der Waals surface area contributed by atoms with Gasteiger partial charge in [-0.3, -0.25) is 4.99 Å². The molecule has 2 rings (SSSR count). The first-order valence-corrected chi connectivity index (χ1v) is 6.26. The molecule has 1 aliphatic carbocycles. The molecule has 1 saturated carbocycles. The fraction of sp³-hybridized carbons (Fsp3) is 0.917. The molecule has 0 radical (unpaired) electrons. The Morgan fingerprint density at radius 1 is 1.47 bits per heavy atom. The molecule has 2 N–H and O–H groups in total. The van der Waals surface area contributed by atoms with Gasteiger partial charge in [-0.25, -0.2) is 0 Å². The summed E-state index contributed by atoms with van der Waals surface area (Å²) in [5.74, 6) is 0.788. The Hall–Kier alpha value is -0.730. The number of aliphatic imine (C=N–C) groups is 1. The predicted molar refractivity (Wildman–Crippen MR) is 63.9 cm³/mol. The Morgan fingerprint density at radius 3 is 2.80 bits per heavy atom. The molecule has 1 heterocycles. The third-order valence-electron chi connectivity index (χ3n) is 3.64. The van der Waals surface area contributed by atoms with Crippen LogP contribution >= 0.6 is 0 Å². The van der Waals surface area contributed by atoms with E-state index >= 15 is 0 Å². The second-order valence-electron chi connectivity index (χ2n) is 5.23. The summed E-state index contributed by atoms with van der Waals surface area (Å²) in [6.45, 7) is 5.48. The highest BCUT2D eigenvalue weighted by atomic mass is 15.4. The summed E-state index contributed by atoms with van der Waals surface area (Å²) in [5.41, 5.74) is 6.20. The van der Waals surface area contributed by atoms with Crippen LogP contribution in [0, 0.1) is 0 Å². The Morgan fingerprint density at radius 2 is 2.20 bits per heavy atom. The largest absolute Gasteiger partial charge is 0.370 e. The zero-order valence-electron chi connectivity index (χ0n) is 10.00. The Bertz CT molecular complexity index is 258. The number of unbranched alkanes of at least 4 members (excludes halogenated alkanes) is 2. The first-order chi connectivity index (χ1) is 7.17. The van der Waals surface area contributed by atoms with Gasteiger partial charge in [0.05, 0.1) is 12.1 Å². The second-order valence-corrected chi connectivity index (χ2v) is 5.23. The van der Waals surface area contributed by atoms with Crippen molar-refractivity contribution in [2.75, 3.05) is 6.54 Å². The number of rotatable bonds is 5. The summed E-state index contributed by atoms with van der Waals surface area (Å²) < 4.78 is 0. The van der Waals surface area contributed by atoms with Gasteiger partial charge in [-0.05, 0) is 26.2 Å². The topological polar surface area (TPSA) is 41.6 Å². The van der Waals surface area contributed by atoms with E-state index in [9.17, 15) is 0 Å². The molecular weight excluding hydrogens is 186 g/mol. The molecular formula is C12H23N3. The molecule has 0 aromatic rings. The minimum atomic E-state index is 0.223. The van der Waals surface area contributed by atoms with Gasteiger partial charge in [-0.1, -0.05) is 26.2 Å². The van der Waals surface area contributed by atoms with Gasteiger partial charge in [-0.15, -0.1) is 0 Å². The molecule has 3 nitrogen and oxygen atoms in total. The average molecular weight is 209 g/mol. The van der Waals surface area contributed by atoms with Crippen LogP contribution in [-0.4, -0.2) is 29.0 Å². The van der Waals surface area contributed by atoms with Crippen LogP contribution in [0.5, 0.6) is 0 Å². The zero-order chi connectivity index (χ0) is 10.9. The van der Waals surface area contributed by atoms with E-state index in [1.165, 1.54) is 38.5 Å². The van der Waals surface area contributed by atoms with Crippen LogP contribution in [0.3, 0.4) is 0 Å². The van der Waals surface area contributed by atoms with E-state index in [0.29, 0.717) is 6.04 Å². The minimum absolute atomic E-state index is 0.223. The van der Waals surface area contributed by atoms with E-state index in [-0.39, 0.29) is 5.54 Å². The van der Waals surface area contributed by atoms with Crippen molar-refractivity contribution < 1.29 is 0 Å². The van der Waals surface area contributed by atoms with Crippen molar-refractivity contribution in [1.82, 2.24) is 4.90 Å². The number of hydrogen-bond donors (Lipinski definition) is 1. The molecule has 1 aliphatic heterocycles. The first-order valence-electron chi connectivity index (χ1n) is 6.26. The second kappa shape index (κ2) is 4.03. The summed E-state index contributed by atoms with van der Waals surface area (Å²) in [5, 5.41) is 0. The molecule has 3 heteroatoms. The highest BCUT2D eigenvalue weighted by molar-refractivity contribution is 5.81. The van der Waals surface area contributed by atoms with Crippen molar-refractivity contribution >= 4 is 5.96 Å². The third kappa shape index (κ3) is 2.11. The van der Waals surface area contributed by atoms with Crippen molar-refractivity contribution in [1.29, 1.82) is 0 Å². The molecule has 15 heavy (non-hydrogen) atoms. The van der Waals surface area contributed by atoms with Crippen molar-refractivity contribution in [2.45, 2.75) is 64.0 Å². The van der Waals surface area contributed by atoms with E-state index in [1.807, 2.05) is 0 Å². The molecule has 0 spiro atoms. The lowest BCUT2D eigenvalue weighted by Crippen LogP contribution is -2.50. The number of nitrogens with two attached hydrogens (primary N) is 1. The van der Waals surface area contributed by atoms with Crippen LogP contribution in [0.1, 0.15) is 52.4 Å². The molecule has 0 aromatic heterocycles. The lowest BCUT2D eigenvalue weighted by Gasteiger charge is -2.36. The van der Waals surface area contributed by atoms with Crippen LogP contribution < -0.4 is 5.73 Å². The van der Waals surface area contributed by atoms with Gasteiger partial charge in [0.1, 0.15) is 0 Å². The third-order valence-corrected chi connectivity index (χ3v) is 3.64. The van der Waals surface area contributed by atoms with E-state index in [4.69, 9.17) is 5.73 Å². The van der Waals surface area contributed by atoms with Crippen LogP contribution in [0.2, 0.25) is 0 Å². The maximum Gasteiger partial charge on any atom is 0.192 e. The molecule has 1 atom stereocenters. The Labute approximate surface area is 92.7 Å². The van der Waals surface area contributed by atoms with Gasteiger partial charge in [0.2, 0.25) is 0 Å². The molecule has 2 aliphatic rings. The van der Waals surface area contributed by atoms with Crippen molar-refractivity contribution in [2.24, 2.45) is 10.7 Å². The van der Waals surface area contributed by atoms with Crippen LogP contribution in [-0.2, 0) is 0 Å². The van der Waals surface area contributed by atoms with E-state index in [2.05, 4.69) is 23.7 Å². The summed E-state index contributed by atoms with van der Waals surface area (Å²) in [7, 11) is 0. The van der Waals surface area contributed by atoms with E-state index in [1.54, 1.807) is 0 Å². The maximum absolute atomic E-state index is 5.98. The molecule has 0 aromatic carbocycles. The highest BCUT2D eigenvalue weighted by Crippen LogP contribution is 2.38. The normalized spacial score (nSPS) is 30.8. The van der Waals surface area contributed by atoms with Crippen LogP contribution in [0.15, 0.2) is 4.99 Å². The molecule has 86 valence electrons. The summed E-state index contributed by atoms with van der Waals surface area (Å²) in [4.78, 5) is 6.82. The average Bonchev–Trinajstić information content (AvgIpc) is 2.96. The quantitative estimate of drug-likeness (QED) is 0.705. The Balaban J connectivity index is 1.94. The van der Waals surface area contributed by atoms with Gasteiger partial charge >= 0.3 is 0 Å². The fourth-order valence-electron chi connectivity index (χ4n) is 2.60. The standard InChI is InChI=1S/C12H23N3/c1-3-4-5-8-12(2)9-14-11(13)15(12)10-6-7-10/h10H,3-9H2,1-2H3,(H2,13,14). The van der Waals surface area contributed by atoms with E-state index < -0.39 is 0 Å². The van der Waals surface area contributed by atoms with Crippen molar-refractivity contribution in [3.8, 4) is 0 Å². The number of hydrogen-bond acceptors (Lipinski definition) is 3. The summed E-state index contributed by atoms with van der Waals surface area (Å²) in [6, 6.07) is 0.697. The predicted octanol–water partition coefficient (Wildman–Crippen LogP) is 2.12. The zero-order valence-corrected chi connectivity index (χ0v) is 10.00. The van der Waals surface area contributed by atoms with Gasteiger partial charge in [0.15, 0.2) is 5.96 Å². The lowest BCUT2D eigenvalue weighted by molar-refractivity contribution is 0.194. The van der Waals surface area contributed by atoms with E-state index in [0.717, 1.165) is 12.5 Å². The van der Waals surface area contributed by atoms with Crippen LogP contribution in [0.4, 0.5) is 0 Å². The van der Waals surface area contributed by atoms with Gasteiger partial charge in [0, 0.05) is 6.04 Å². The summed E-state index contributed by atoms with van der Waals surface area (Å²) >= 11 is 0. The van der Waals surface area contributed by atoms with Crippen molar-refractivity contribution in [3.05, 3.63) is 0 Å². The monoisotopic (exact) mass is 209 g/mol. The lowest BCUT2D eigenvalue weighted by atomic mass is 9.93. The number of nitrogens with zero attached hydrogens (tertiary/aromatic N) is 2. The highest BCUT2D eigenvalue weighted by Gasteiger charge is 2.45. The van der Waals surface area contributed by atoms with Gasteiger partial charge < -0.3 is 10.6 Å². The summed E-state index contributed by atoms with van der Waals surface area (Å²) in [6.07, 6.45) is 7.77.